The van der Waals surface area contributed by atoms with Gasteiger partial charge in [-0.25, -0.2) is 9.65 Å². The Morgan fingerprint density at radius 1 is 1.53 bits per heavy atom. The van der Waals surface area contributed by atoms with Crippen LogP contribution in [0.5, 0.6) is 0 Å². The summed E-state index contributed by atoms with van der Waals surface area (Å²) in [7, 11) is -4.54. The number of carbonyl (C=O) groups is 1. The molecule has 0 radical (unpaired) electrons. The van der Waals surface area contributed by atoms with Gasteiger partial charge in [-0.3, -0.25) is 4.79 Å². The van der Waals surface area contributed by atoms with Crippen molar-refractivity contribution in [1.29, 1.82) is 0 Å². The van der Waals surface area contributed by atoms with Crippen LogP contribution in [0.1, 0.15) is 19.8 Å². The van der Waals surface area contributed by atoms with Gasteiger partial charge in [0.25, 0.3) is 0 Å². The predicted molar refractivity (Wildman–Crippen MR) is 51.9 cm³/mol. The molecule has 4 N–H and O–H groups in total. The highest BCUT2D eigenvalue weighted by Crippen LogP contribution is 2.29. The van der Waals surface area contributed by atoms with E-state index < -0.39 is 26.4 Å². The molecule has 0 aliphatic heterocycles. The third kappa shape index (κ3) is 7.47. The molecule has 0 spiro atoms. The zero-order valence-electron chi connectivity index (χ0n) is 8.42. The van der Waals surface area contributed by atoms with Gasteiger partial charge in [-0.2, -0.15) is 0 Å². The Kier molecular flexibility index (Phi) is 6.71. The zero-order valence-corrected chi connectivity index (χ0v) is 9.31. The second kappa shape index (κ2) is 6.92. The number of unbranched alkanes of at least 4 members (excludes halogenated alkanes) is 1. The van der Waals surface area contributed by atoms with E-state index in [0.717, 1.165) is 6.42 Å². The van der Waals surface area contributed by atoms with Gasteiger partial charge in [-0.1, -0.05) is 13.3 Å². The Morgan fingerprint density at radius 2 is 2.13 bits per heavy atom. The van der Waals surface area contributed by atoms with Crippen LogP contribution in [0.15, 0.2) is 0 Å². The summed E-state index contributed by atoms with van der Waals surface area (Å²) in [5, 5.41) is 10.4. The van der Waals surface area contributed by atoms with Crippen molar-refractivity contribution in [2.75, 3.05) is 13.2 Å². The van der Waals surface area contributed by atoms with E-state index in [1.807, 2.05) is 6.92 Å². The lowest BCUT2D eigenvalue weighted by Crippen LogP contribution is -2.39. The monoisotopic (exact) mass is 241 g/mol. The summed E-state index contributed by atoms with van der Waals surface area (Å²) in [5.41, 5.74) is 0. The molecule has 7 nitrogen and oxygen atoms in total. The fraction of sp³-hybridized carbons (Fsp3) is 0.857. The first-order valence-corrected chi connectivity index (χ1v) is 6.12. The lowest BCUT2D eigenvalue weighted by atomic mass is 10.3. The van der Waals surface area contributed by atoms with Crippen LogP contribution in [-0.4, -0.2) is 40.1 Å². The van der Waals surface area contributed by atoms with Crippen molar-refractivity contribution < 1.29 is 29.0 Å². The molecule has 0 aromatic heterocycles. The molecular weight excluding hydrogens is 225 g/mol. The van der Waals surface area contributed by atoms with Gasteiger partial charge in [-0.15, -0.1) is 0 Å². The second-order valence-corrected chi connectivity index (χ2v) is 4.28. The fourth-order valence-electron chi connectivity index (χ4n) is 0.789. The third-order valence-corrected chi connectivity index (χ3v) is 2.18. The van der Waals surface area contributed by atoms with E-state index in [4.69, 9.17) is 14.9 Å². The van der Waals surface area contributed by atoms with Crippen molar-refractivity contribution in [2.45, 2.75) is 25.8 Å². The summed E-state index contributed by atoms with van der Waals surface area (Å²) in [5.74, 6) is -0.866. The summed E-state index contributed by atoms with van der Waals surface area (Å²) in [6.45, 7) is 1.36. The highest BCUT2D eigenvalue weighted by Gasteiger charge is 2.26. The fourth-order valence-corrected chi connectivity index (χ4v) is 1.38. The summed E-state index contributed by atoms with van der Waals surface area (Å²) in [6, 6.07) is -1.39. The highest BCUT2D eigenvalue weighted by molar-refractivity contribution is 7.49. The minimum Gasteiger partial charge on any atom is -0.464 e. The smallest absolute Gasteiger partial charge is 0.401 e. The molecule has 0 aromatic carbocycles. The van der Waals surface area contributed by atoms with Crippen molar-refractivity contribution in [3.05, 3.63) is 0 Å². The van der Waals surface area contributed by atoms with Gasteiger partial charge in [-0.05, 0) is 6.42 Å². The van der Waals surface area contributed by atoms with Crippen LogP contribution in [0.4, 0.5) is 0 Å². The average molecular weight is 241 g/mol. The molecule has 90 valence electrons. The van der Waals surface area contributed by atoms with Gasteiger partial charge in [0.15, 0.2) is 0 Å². The first-order chi connectivity index (χ1) is 6.90. The number of ether oxygens (including phenoxy) is 1. The Bertz CT molecular complexity index is 240. The molecule has 0 fully saturated rings. The maximum Gasteiger partial charge on any atom is 0.401 e. The van der Waals surface area contributed by atoms with Crippen molar-refractivity contribution in [3.8, 4) is 0 Å². The number of hydrogen-bond acceptors (Lipinski definition) is 4. The van der Waals surface area contributed by atoms with E-state index >= 15 is 0 Å². The molecule has 0 rings (SSSR count). The molecule has 8 heteroatoms. The van der Waals surface area contributed by atoms with Gasteiger partial charge in [0.1, 0.15) is 6.04 Å². The first-order valence-electron chi connectivity index (χ1n) is 4.51. The van der Waals surface area contributed by atoms with Crippen LogP contribution in [-0.2, 0) is 14.1 Å². The van der Waals surface area contributed by atoms with Gasteiger partial charge in [0.2, 0.25) is 0 Å². The maximum atomic E-state index is 11.1. The molecule has 15 heavy (non-hydrogen) atoms. The minimum absolute atomic E-state index is 0.175. The standard InChI is InChI=1S/C7H16NO6P/c1-2-3-4-14-7(10)6(5-9)8-15(11,12)13/h6,9H,2-5H2,1H3,(H3,8,11,12,13). The first kappa shape index (κ1) is 14.5. The average Bonchev–Trinajstić information content (AvgIpc) is 2.13. The Balaban J connectivity index is 4.05. The normalized spacial score (nSPS) is 13.6. The van der Waals surface area contributed by atoms with Crippen LogP contribution in [0, 0.1) is 0 Å². The topological polar surface area (TPSA) is 116 Å². The number of aliphatic hydroxyl groups is 1. The molecule has 1 unspecified atom stereocenters. The largest absolute Gasteiger partial charge is 0.464 e. The predicted octanol–water partition coefficient (Wildman–Crippen LogP) is -0.627. The quantitative estimate of drug-likeness (QED) is 0.266. The Labute approximate surface area is 87.7 Å². The van der Waals surface area contributed by atoms with Crippen LogP contribution in [0.25, 0.3) is 0 Å². The minimum atomic E-state index is -4.54. The van der Waals surface area contributed by atoms with E-state index in [0.29, 0.717) is 6.42 Å². The van der Waals surface area contributed by atoms with Crippen molar-refractivity contribution >= 4 is 13.7 Å². The van der Waals surface area contributed by atoms with Crippen LogP contribution in [0.3, 0.4) is 0 Å². The van der Waals surface area contributed by atoms with E-state index in [-0.39, 0.29) is 6.61 Å². The summed E-state index contributed by atoms with van der Waals surface area (Å²) < 4.78 is 15.2. The molecule has 0 heterocycles. The molecule has 1 atom stereocenters. The third-order valence-electron chi connectivity index (χ3n) is 1.53. The number of hydrogen-bond donors (Lipinski definition) is 4. The lowest BCUT2D eigenvalue weighted by molar-refractivity contribution is -0.146. The molecule has 0 aromatic rings. The van der Waals surface area contributed by atoms with Crippen molar-refractivity contribution in [1.82, 2.24) is 5.09 Å². The zero-order chi connectivity index (χ0) is 11.9. The van der Waals surface area contributed by atoms with Gasteiger partial charge >= 0.3 is 13.7 Å². The van der Waals surface area contributed by atoms with Crippen molar-refractivity contribution in [3.63, 3.8) is 0 Å². The van der Waals surface area contributed by atoms with Gasteiger partial charge in [0.05, 0.1) is 13.2 Å². The molecule has 0 bridgehead atoms. The van der Waals surface area contributed by atoms with Crippen LogP contribution in [0.2, 0.25) is 0 Å². The number of rotatable bonds is 7. The number of nitrogens with one attached hydrogen (secondary N) is 1. The molecule has 0 saturated heterocycles. The summed E-state index contributed by atoms with van der Waals surface area (Å²) in [4.78, 5) is 28.2. The van der Waals surface area contributed by atoms with Gasteiger partial charge < -0.3 is 19.6 Å². The number of esters is 1. The molecular formula is C7H16NO6P. The van der Waals surface area contributed by atoms with E-state index in [1.54, 1.807) is 5.09 Å². The maximum absolute atomic E-state index is 11.1. The number of aliphatic hydroxyl groups excluding tert-OH is 1. The molecule has 0 saturated carbocycles. The van der Waals surface area contributed by atoms with Crippen LogP contribution < -0.4 is 5.09 Å². The van der Waals surface area contributed by atoms with E-state index in [2.05, 4.69) is 4.74 Å². The van der Waals surface area contributed by atoms with Crippen LogP contribution >= 0.6 is 7.75 Å². The molecule has 0 aliphatic rings. The lowest BCUT2D eigenvalue weighted by Gasteiger charge is -2.15. The summed E-state index contributed by atoms with van der Waals surface area (Å²) in [6.07, 6.45) is 1.50. The Morgan fingerprint density at radius 3 is 2.53 bits per heavy atom. The van der Waals surface area contributed by atoms with Crippen molar-refractivity contribution in [2.24, 2.45) is 0 Å². The number of carbonyl (C=O) groups excluding carboxylic acids is 1. The molecule has 0 amide bonds. The van der Waals surface area contributed by atoms with E-state index in [1.165, 1.54) is 0 Å². The molecule has 0 aliphatic carbocycles. The second-order valence-electron chi connectivity index (χ2n) is 2.93. The summed E-state index contributed by atoms with van der Waals surface area (Å²) >= 11 is 0. The van der Waals surface area contributed by atoms with Gasteiger partial charge in [0, 0.05) is 0 Å². The van der Waals surface area contributed by atoms with E-state index in [9.17, 15) is 9.36 Å². The SMILES string of the molecule is CCCCOC(=O)C(CO)NP(=O)(O)O. The Hall–Kier alpha value is -0.460. The highest BCUT2D eigenvalue weighted by atomic mass is 31.2.